The first-order valence-corrected chi connectivity index (χ1v) is 9.82. The molecule has 1 amide bonds. The van der Waals surface area contributed by atoms with Crippen LogP contribution < -0.4 is 0 Å². The molecule has 0 saturated heterocycles. The number of halogens is 7. The van der Waals surface area contributed by atoms with Crippen molar-refractivity contribution in [3.8, 4) is 0 Å². The van der Waals surface area contributed by atoms with Crippen molar-refractivity contribution in [3.05, 3.63) is 46.0 Å². The number of pyridine rings is 1. The SMILES string of the molecule is CC(CCc1ncc(C(F)(F)F)cc1Cl)N(C(=O)c1cn(C)nc1C(F)(F)F)C1CC1. The Balaban J connectivity index is 1.77. The summed E-state index contributed by atoms with van der Waals surface area (Å²) in [4.78, 5) is 18.2. The quantitative estimate of drug-likeness (QED) is 0.552. The van der Waals surface area contributed by atoms with Crippen LogP contribution in [0.15, 0.2) is 18.5 Å². The second kappa shape index (κ2) is 8.33. The molecular formula is C19H19ClF6N4O. The van der Waals surface area contributed by atoms with Crippen molar-refractivity contribution in [1.82, 2.24) is 19.7 Å². The molecule has 0 N–H and O–H groups in total. The van der Waals surface area contributed by atoms with Crippen molar-refractivity contribution in [2.75, 3.05) is 0 Å². The van der Waals surface area contributed by atoms with Crippen LogP contribution in [0.2, 0.25) is 5.02 Å². The van der Waals surface area contributed by atoms with Gasteiger partial charge in [0.25, 0.3) is 5.91 Å². The lowest BCUT2D eigenvalue weighted by molar-refractivity contribution is -0.142. The molecule has 1 aliphatic rings. The average Bonchev–Trinajstić information content (AvgIpc) is 3.38. The molecule has 12 heteroatoms. The summed E-state index contributed by atoms with van der Waals surface area (Å²) in [6.45, 7) is 1.68. The van der Waals surface area contributed by atoms with Gasteiger partial charge in [0.15, 0.2) is 5.69 Å². The van der Waals surface area contributed by atoms with Gasteiger partial charge in [0.05, 0.1) is 21.8 Å². The minimum absolute atomic E-state index is 0.155. The molecule has 0 radical (unpaired) electrons. The summed E-state index contributed by atoms with van der Waals surface area (Å²) >= 11 is 5.93. The van der Waals surface area contributed by atoms with E-state index in [9.17, 15) is 31.1 Å². The average molecular weight is 469 g/mol. The standard InChI is InChI=1S/C19H19ClF6N4O/c1-10(3-6-15-14(20)7-11(8-27-15)18(21,22)23)30(12-4-5-12)17(31)13-9-29(2)28-16(13)19(24,25)26/h7-10,12H,3-6H2,1-2H3. The highest BCUT2D eigenvalue weighted by atomic mass is 35.5. The van der Waals surface area contributed by atoms with Crippen LogP contribution in [0.25, 0.3) is 0 Å². The van der Waals surface area contributed by atoms with Crippen LogP contribution in [0.1, 0.15) is 53.5 Å². The summed E-state index contributed by atoms with van der Waals surface area (Å²) in [5, 5.41) is 3.23. The van der Waals surface area contributed by atoms with Crippen LogP contribution in [0.5, 0.6) is 0 Å². The second-order valence-electron chi connectivity index (χ2n) is 7.54. The first kappa shape index (κ1) is 23.4. The van der Waals surface area contributed by atoms with Crippen molar-refractivity contribution >= 4 is 17.5 Å². The van der Waals surface area contributed by atoms with Gasteiger partial charge in [0.1, 0.15) is 0 Å². The third-order valence-corrected chi connectivity index (χ3v) is 5.35. The monoisotopic (exact) mass is 468 g/mol. The van der Waals surface area contributed by atoms with Crippen molar-refractivity contribution in [2.45, 2.75) is 57.0 Å². The maximum atomic E-state index is 13.3. The minimum Gasteiger partial charge on any atom is -0.333 e. The molecule has 1 atom stereocenters. The lowest BCUT2D eigenvalue weighted by Crippen LogP contribution is -2.41. The Morgan fingerprint density at radius 1 is 1.26 bits per heavy atom. The van der Waals surface area contributed by atoms with Crippen molar-refractivity contribution in [2.24, 2.45) is 7.05 Å². The molecule has 0 bridgehead atoms. The number of aromatic nitrogens is 3. The molecule has 0 aromatic carbocycles. The fourth-order valence-corrected chi connectivity index (χ4v) is 3.62. The first-order chi connectivity index (χ1) is 14.3. The van der Waals surface area contributed by atoms with Gasteiger partial charge in [-0.05, 0) is 38.7 Å². The van der Waals surface area contributed by atoms with E-state index in [2.05, 4.69) is 10.1 Å². The fourth-order valence-electron chi connectivity index (χ4n) is 3.36. The fraction of sp³-hybridized carbons (Fsp3) is 0.526. The van der Waals surface area contributed by atoms with E-state index in [0.29, 0.717) is 19.0 Å². The van der Waals surface area contributed by atoms with Gasteiger partial charge in [-0.25, -0.2) is 0 Å². The molecule has 0 spiro atoms. The Bertz CT molecular complexity index is 967. The Kier molecular flexibility index (Phi) is 6.28. The van der Waals surface area contributed by atoms with Gasteiger partial charge in [0.2, 0.25) is 0 Å². The Morgan fingerprint density at radius 3 is 2.42 bits per heavy atom. The van der Waals surface area contributed by atoms with E-state index in [-0.39, 0.29) is 29.6 Å². The van der Waals surface area contributed by atoms with Gasteiger partial charge < -0.3 is 4.90 Å². The van der Waals surface area contributed by atoms with Crippen molar-refractivity contribution in [3.63, 3.8) is 0 Å². The molecule has 170 valence electrons. The maximum absolute atomic E-state index is 13.3. The summed E-state index contributed by atoms with van der Waals surface area (Å²) in [7, 11) is 1.30. The van der Waals surface area contributed by atoms with E-state index in [1.54, 1.807) is 6.92 Å². The number of carbonyl (C=O) groups excluding carboxylic acids is 1. The minimum atomic E-state index is -4.78. The molecule has 0 aliphatic heterocycles. The van der Waals surface area contributed by atoms with Crippen LogP contribution in [-0.4, -0.2) is 37.7 Å². The molecule has 2 heterocycles. The van der Waals surface area contributed by atoms with Crippen molar-refractivity contribution in [1.29, 1.82) is 0 Å². The highest BCUT2D eigenvalue weighted by Crippen LogP contribution is 2.36. The Hall–Kier alpha value is -2.30. The largest absolute Gasteiger partial charge is 0.435 e. The van der Waals surface area contributed by atoms with E-state index in [4.69, 9.17) is 11.6 Å². The van der Waals surface area contributed by atoms with Gasteiger partial charge in [-0.3, -0.25) is 14.5 Å². The molecule has 1 unspecified atom stereocenters. The van der Waals surface area contributed by atoms with E-state index >= 15 is 0 Å². The molecule has 1 fully saturated rings. The van der Waals surface area contributed by atoms with Crippen LogP contribution >= 0.6 is 11.6 Å². The third kappa shape index (κ3) is 5.31. The summed E-state index contributed by atoms with van der Waals surface area (Å²) in [5.74, 6) is -0.776. The topological polar surface area (TPSA) is 51.0 Å². The van der Waals surface area contributed by atoms with Crippen molar-refractivity contribution < 1.29 is 31.1 Å². The number of carbonyl (C=O) groups is 1. The second-order valence-corrected chi connectivity index (χ2v) is 7.95. The first-order valence-electron chi connectivity index (χ1n) is 9.44. The molecule has 2 aromatic rings. The summed E-state index contributed by atoms with van der Waals surface area (Å²) in [5.41, 5.74) is -2.52. The summed E-state index contributed by atoms with van der Waals surface area (Å²) < 4.78 is 79.1. The summed E-state index contributed by atoms with van der Waals surface area (Å²) in [6.07, 6.45) is -5.87. The zero-order valence-electron chi connectivity index (χ0n) is 16.6. The number of amides is 1. The number of alkyl halides is 6. The van der Waals surface area contributed by atoms with Gasteiger partial charge in [-0.2, -0.15) is 31.4 Å². The van der Waals surface area contributed by atoms with E-state index in [1.165, 1.54) is 11.9 Å². The lowest BCUT2D eigenvalue weighted by Gasteiger charge is -2.29. The highest BCUT2D eigenvalue weighted by molar-refractivity contribution is 6.31. The predicted molar refractivity (Wildman–Crippen MR) is 99.4 cm³/mol. The molecule has 31 heavy (non-hydrogen) atoms. The van der Waals surface area contributed by atoms with Gasteiger partial charge in [0, 0.05) is 31.5 Å². The molecular weight excluding hydrogens is 450 g/mol. The van der Waals surface area contributed by atoms with Crippen LogP contribution in [0.3, 0.4) is 0 Å². The van der Waals surface area contributed by atoms with Crippen LogP contribution in [0.4, 0.5) is 26.3 Å². The molecule has 5 nitrogen and oxygen atoms in total. The summed E-state index contributed by atoms with van der Waals surface area (Å²) in [6, 6.07) is 0.102. The molecule has 2 aromatic heterocycles. The number of nitrogens with zero attached hydrogens (tertiary/aromatic N) is 4. The lowest BCUT2D eigenvalue weighted by atomic mass is 10.1. The zero-order chi connectivity index (χ0) is 23.1. The number of aryl methyl sites for hydroxylation is 2. The Labute approximate surface area is 179 Å². The maximum Gasteiger partial charge on any atom is 0.435 e. The van der Waals surface area contributed by atoms with E-state index in [0.717, 1.165) is 16.9 Å². The van der Waals surface area contributed by atoms with Crippen LogP contribution in [-0.2, 0) is 25.8 Å². The van der Waals surface area contributed by atoms with Gasteiger partial charge in [-0.1, -0.05) is 11.6 Å². The number of hydrogen-bond acceptors (Lipinski definition) is 3. The highest BCUT2D eigenvalue weighted by Gasteiger charge is 2.43. The van der Waals surface area contributed by atoms with Gasteiger partial charge >= 0.3 is 12.4 Å². The Morgan fingerprint density at radius 2 is 1.90 bits per heavy atom. The van der Waals surface area contributed by atoms with E-state index < -0.39 is 41.1 Å². The van der Waals surface area contributed by atoms with Gasteiger partial charge in [-0.15, -0.1) is 0 Å². The third-order valence-electron chi connectivity index (χ3n) is 5.02. The van der Waals surface area contributed by atoms with Crippen LogP contribution in [0, 0.1) is 0 Å². The normalized spacial score (nSPS) is 15.8. The predicted octanol–water partition coefficient (Wildman–Crippen LogP) is 5.13. The molecule has 1 saturated carbocycles. The molecule has 3 rings (SSSR count). The van der Waals surface area contributed by atoms with E-state index in [1.807, 2.05) is 0 Å². The number of rotatable bonds is 6. The number of hydrogen-bond donors (Lipinski definition) is 0. The smallest absolute Gasteiger partial charge is 0.333 e. The molecule has 1 aliphatic carbocycles. The zero-order valence-corrected chi connectivity index (χ0v) is 17.3.